The Bertz CT molecular complexity index is 2330. The van der Waals surface area contributed by atoms with E-state index in [2.05, 4.69) is 148 Å². The summed E-state index contributed by atoms with van der Waals surface area (Å²) >= 11 is 0. The van der Waals surface area contributed by atoms with Crippen LogP contribution >= 0.6 is 0 Å². The lowest BCUT2D eigenvalue weighted by Crippen LogP contribution is -1.90. The molecule has 0 atom stereocenters. The first-order valence-electron chi connectivity index (χ1n) is 14.6. The van der Waals surface area contributed by atoms with Crippen LogP contribution in [-0.4, -0.2) is 0 Å². The lowest BCUT2D eigenvalue weighted by molar-refractivity contribution is 0.669. The molecule has 0 bridgehead atoms. The number of fused-ring (bicyclic) bond motifs is 8. The highest BCUT2D eigenvalue weighted by Gasteiger charge is 2.24. The summed E-state index contributed by atoms with van der Waals surface area (Å²) in [7, 11) is 0. The zero-order valence-corrected chi connectivity index (χ0v) is 24.0. The van der Waals surface area contributed by atoms with Crippen molar-refractivity contribution in [1.29, 1.82) is 0 Å². The Labute approximate surface area is 245 Å². The third kappa shape index (κ3) is 3.71. The van der Waals surface area contributed by atoms with E-state index in [1.165, 1.54) is 82.4 Å². The maximum absolute atomic E-state index is 5.92. The number of hydrogen-bond donors (Lipinski definition) is 0. The Hall–Kier alpha value is -5.14. The maximum atomic E-state index is 5.92. The number of hydrogen-bond acceptors (Lipinski definition) is 1. The number of aryl methyl sites for hydroxylation is 2. The third-order valence-electron chi connectivity index (χ3n) is 8.88. The van der Waals surface area contributed by atoms with E-state index in [0.29, 0.717) is 0 Å². The average Bonchev–Trinajstić information content (AvgIpc) is 3.56. The fraction of sp³-hybridized carbons (Fsp3) is 0.0732. The highest BCUT2D eigenvalue weighted by atomic mass is 16.3. The zero-order valence-electron chi connectivity index (χ0n) is 24.0. The molecule has 1 nitrogen and oxygen atoms in total. The summed E-state index contributed by atoms with van der Waals surface area (Å²) in [5.41, 5.74) is 14.1. The van der Waals surface area contributed by atoms with Gasteiger partial charge in [-0.15, -0.1) is 0 Å². The van der Waals surface area contributed by atoms with Crippen LogP contribution in [0.15, 0.2) is 132 Å². The molecule has 0 aliphatic heterocycles. The fourth-order valence-electron chi connectivity index (χ4n) is 6.88. The molecule has 0 fully saturated rings. The van der Waals surface area contributed by atoms with Crippen LogP contribution in [-0.2, 0) is 0 Å². The minimum Gasteiger partial charge on any atom is -0.456 e. The molecular weight excluding hydrogens is 508 g/mol. The molecule has 42 heavy (non-hydrogen) atoms. The summed E-state index contributed by atoms with van der Waals surface area (Å²) in [6, 6.07) is 45.5. The third-order valence-corrected chi connectivity index (χ3v) is 8.88. The minimum atomic E-state index is 0.965. The predicted molar refractivity (Wildman–Crippen MR) is 179 cm³/mol. The topological polar surface area (TPSA) is 13.1 Å². The molecule has 1 aliphatic rings. The van der Waals surface area contributed by atoms with Crippen molar-refractivity contribution in [3.63, 3.8) is 0 Å². The lowest BCUT2D eigenvalue weighted by Gasteiger charge is -2.14. The molecule has 1 heteroatoms. The molecule has 1 heterocycles. The van der Waals surface area contributed by atoms with Gasteiger partial charge in [0.05, 0.1) is 0 Å². The van der Waals surface area contributed by atoms with E-state index in [-0.39, 0.29) is 0 Å². The SMILES string of the molecule is Cc1ccc2oc3ccc4ccccc4c3c2c1.Cc1ccccc1-c1ccc2c(c1C)-c1cccc3cccc-2c13. The van der Waals surface area contributed by atoms with Crippen LogP contribution in [0, 0.1) is 20.8 Å². The number of benzene rings is 7. The molecular formula is C41H30O. The quantitative estimate of drug-likeness (QED) is 0.203. The van der Waals surface area contributed by atoms with E-state index >= 15 is 0 Å². The molecule has 8 aromatic rings. The first-order chi connectivity index (χ1) is 20.6. The van der Waals surface area contributed by atoms with E-state index < -0.39 is 0 Å². The lowest BCUT2D eigenvalue weighted by atomic mass is 9.90. The highest BCUT2D eigenvalue weighted by Crippen LogP contribution is 2.50. The molecule has 0 saturated heterocycles. The summed E-state index contributed by atoms with van der Waals surface area (Å²) in [5.74, 6) is 0. The van der Waals surface area contributed by atoms with Gasteiger partial charge >= 0.3 is 0 Å². The molecule has 0 N–H and O–H groups in total. The Morgan fingerprint density at radius 2 is 1.12 bits per heavy atom. The van der Waals surface area contributed by atoms with Crippen molar-refractivity contribution in [1.82, 2.24) is 0 Å². The molecule has 0 amide bonds. The second kappa shape index (κ2) is 9.46. The summed E-state index contributed by atoms with van der Waals surface area (Å²) in [4.78, 5) is 0. The van der Waals surface area contributed by atoms with Crippen LogP contribution < -0.4 is 0 Å². The fourth-order valence-corrected chi connectivity index (χ4v) is 6.88. The van der Waals surface area contributed by atoms with Gasteiger partial charge in [0, 0.05) is 10.8 Å². The standard InChI is InChI=1S/C24H18.C17H12O/c1-15-7-3-4-10-18(15)19-13-14-21-20-11-5-8-17-9-6-12-22(24(17)20)23(21)16(19)2;1-11-6-8-15-14(10-11)17-13-5-3-2-4-12(13)7-9-16(17)18-15/h3-14H,1-2H3;2-10H,1H3. The van der Waals surface area contributed by atoms with E-state index in [4.69, 9.17) is 4.42 Å². The van der Waals surface area contributed by atoms with Crippen molar-refractivity contribution in [2.75, 3.05) is 0 Å². The van der Waals surface area contributed by atoms with Gasteiger partial charge in [-0.25, -0.2) is 0 Å². The average molecular weight is 539 g/mol. The predicted octanol–water partition coefficient (Wildman–Crippen LogP) is 11.8. The first-order valence-corrected chi connectivity index (χ1v) is 14.6. The van der Waals surface area contributed by atoms with Crippen LogP contribution in [0.25, 0.3) is 76.9 Å². The van der Waals surface area contributed by atoms with Crippen LogP contribution in [0.4, 0.5) is 0 Å². The van der Waals surface area contributed by atoms with Gasteiger partial charge in [-0.1, -0.05) is 115 Å². The minimum absolute atomic E-state index is 0.965. The van der Waals surface area contributed by atoms with Gasteiger partial charge < -0.3 is 4.42 Å². The molecule has 1 aromatic heterocycles. The first kappa shape index (κ1) is 24.6. The number of furan rings is 1. The Morgan fingerprint density at radius 3 is 1.98 bits per heavy atom. The molecule has 9 rings (SSSR count). The van der Waals surface area contributed by atoms with E-state index in [1.807, 2.05) is 0 Å². The summed E-state index contributed by atoms with van der Waals surface area (Å²) in [6.07, 6.45) is 0. The molecule has 200 valence electrons. The van der Waals surface area contributed by atoms with Crippen LogP contribution in [0.5, 0.6) is 0 Å². The van der Waals surface area contributed by atoms with E-state index in [9.17, 15) is 0 Å². The van der Waals surface area contributed by atoms with Crippen molar-refractivity contribution < 1.29 is 4.42 Å². The molecule has 0 saturated carbocycles. The molecule has 7 aromatic carbocycles. The molecule has 0 spiro atoms. The van der Waals surface area contributed by atoms with Gasteiger partial charge in [-0.2, -0.15) is 0 Å². The normalized spacial score (nSPS) is 11.7. The summed E-state index contributed by atoms with van der Waals surface area (Å²) in [5, 5.41) is 7.69. The number of rotatable bonds is 1. The highest BCUT2D eigenvalue weighted by molar-refractivity contribution is 6.19. The van der Waals surface area contributed by atoms with Gasteiger partial charge in [0.15, 0.2) is 0 Å². The Kier molecular flexibility index (Phi) is 5.55. The van der Waals surface area contributed by atoms with Crippen molar-refractivity contribution >= 4 is 43.5 Å². The van der Waals surface area contributed by atoms with Crippen molar-refractivity contribution in [3.05, 3.63) is 144 Å². The summed E-state index contributed by atoms with van der Waals surface area (Å²) < 4.78 is 5.92. The van der Waals surface area contributed by atoms with Gasteiger partial charge in [-0.05, 0) is 105 Å². The molecule has 0 radical (unpaired) electrons. The van der Waals surface area contributed by atoms with Crippen LogP contribution in [0.3, 0.4) is 0 Å². The smallest absolute Gasteiger partial charge is 0.136 e. The summed E-state index contributed by atoms with van der Waals surface area (Å²) in [6.45, 7) is 6.58. The van der Waals surface area contributed by atoms with Crippen molar-refractivity contribution in [2.24, 2.45) is 0 Å². The van der Waals surface area contributed by atoms with Gasteiger partial charge in [0.25, 0.3) is 0 Å². The van der Waals surface area contributed by atoms with Crippen LogP contribution in [0.2, 0.25) is 0 Å². The molecule has 1 aliphatic carbocycles. The van der Waals surface area contributed by atoms with Crippen molar-refractivity contribution in [3.8, 4) is 33.4 Å². The monoisotopic (exact) mass is 538 g/mol. The van der Waals surface area contributed by atoms with E-state index in [0.717, 1.165) is 11.2 Å². The Balaban J connectivity index is 0.000000132. The van der Waals surface area contributed by atoms with Gasteiger partial charge in [0.2, 0.25) is 0 Å². The largest absolute Gasteiger partial charge is 0.456 e. The maximum Gasteiger partial charge on any atom is 0.136 e. The van der Waals surface area contributed by atoms with Gasteiger partial charge in [-0.3, -0.25) is 0 Å². The Morgan fingerprint density at radius 1 is 0.429 bits per heavy atom. The van der Waals surface area contributed by atoms with Crippen molar-refractivity contribution in [2.45, 2.75) is 20.8 Å². The van der Waals surface area contributed by atoms with Gasteiger partial charge in [0.1, 0.15) is 11.2 Å². The molecule has 0 unspecified atom stereocenters. The van der Waals surface area contributed by atoms with E-state index in [1.54, 1.807) is 0 Å². The van der Waals surface area contributed by atoms with Crippen LogP contribution in [0.1, 0.15) is 16.7 Å². The zero-order chi connectivity index (χ0) is 28.4. The second-order valence-corrected chi connectivity index (χ2v) is 11.4. The second-order valence-electron chi connectivity index (χ2n) is 11.4.